The van der Waals surface area contributed by atoms with E-state index in [0.29, 0.717) is 19.7 Å². The van der Waals surface area contributed by atoms with Crippen LogP contribution >= 0.6 is 0 Å². The number of carbonyl (C=O) groups is 1. The number of hydrogen-bond acceptors (Lipinski definition) is 3. The van der Waals surface area contributed by atoms with Crippen LogP contribution in [-0.2, 0) is 4.74 Å². The normalized spacial score (nSPS) is 25.8. The van der Waals surface area contributed by atoms with Crippen molar-refractivity contribution < 1.29 is 14.6 Å². The van der Waals surface area contributed by atoms with Crippen molar-refractivity contribution in [3.05, 3.63) is 36.0 Å². The van der Waals surface area contributed by atoms with E-state index in [4.69, 9.17) is 4.74 Å². The van der Waals surface area contributed by atoms with Gasteiger partial charge in [0, 0.05) is 48.8 Å². The van der Waals surface area contributed by atoms with Gasteiger partial charge < -0.3 is 19.7 Å². The Labute approximate surface area is 141 Å². The fraction of sp³-hybridized carbons (Fsp3) is 0.526. The van der Waals surface area contributed by atoms with Crippen LogP contribution in [0.4, 0.5) is 0 Å². The minimum absolute atomic E-state index is 0.0723. The Bertz CT molecular complexity index is 744. The van der Waals surface area contributed by atoms with Crippen LogP contribution in [0.3, 0.4) is 0 Å². The van der Waals surface area contributed by atoms with Gasteiger partial charge in [0.15, 0.2) is 0 Å². The zero-order valence-corrected chi connectivity index (χ0v) is 14.0. The van der Waals surface area contributed by atoms with Gasteiger partial charge in [-0.15, -0.1) is 0 Å². The van der Waals surface area contributed by atoms with Crippen LogP contribution in [0, 0.1) is 5.41 Å². The maximum atomic E-state index is 12.8. The summed E-state index contributed by atoms with van der Waals surface area (Å²) in [5.41, 5.74) is 1.56. The first kappa shape index (κ1) is 15.7. The molecule has 1 saturated heterocycles. The predicted octanol–water partition coefficient (Wildman–Crippen LogP) is 2.56. The average molecular weight is 328 g/mol. The number of nitrogens with zero attached hydrogens (tertiary/aromatic N) is 1. The van der Waals surface area contributed by atoms with Gasteiger partial charge in [-0.1, -0.05) is 6.07 Å². The van der Waals surface area contributed by atoms with E-state index in [-0.39, 0.29) is 23.5 Å². The van der Waals surface area contributed by atoms with E-state index in [9.17, 15) is 9.90 Å². The van der Waals surface area contributed by atoms with E-state index in [1.165, 1.54) is 0 Å². The smallest absolute Gasteiger partial charge is 0.253 e. The number of fused-ring (bicyclic) bond motifs is 1. The number of amides is 1. The fourth-order valence-corrected chi connectivity index (χ4v) is 4.31. The SMILES string of the molecule is CCO[C@H]1C[C@H](O)C12CCN(C(=O)c1ccc3cc[nH]c3c1)CC2. The number of H-pyrrole nitrogens is 1. The molecule has 0 bridgehead atoms. The molecule has 1 amide bonds. The maximum Gasteiger partial charge on any atom is 0.253 e. The third kappa shape index (κ3) is 2.34. The highest BCUT2D eigenvalue weighted by Gasteiger charge is 2.56. The lowest BCUT2D eigenvalue weighted by atomic mass is 9.58. The predicted molar refractivity (Wildman–Crippen MR) is 91.9 cm³/mol. The lowest BCUT2D eigenvalue weighted by Crippen LogP contribution is -2.62. The number of hydrogen-bond donors (Lipinski definition) is 2. The van der Waals surface area contributed by atoms with E-state index >= 15 is 0 Å². The number of aromatic amines is 1. The third-order valence-corrected chi connectivity index (χ3v) is 5.89. The van der Waals surface area contributed by atoms with Gasteiger partial charge >= 0.3 is 0 Å². The molecule has 0 unspecified atom stereocenters. The van der Waals surface area contributed by atoms with Gasteiger partial charge in [0.2, 0.25) is 0 Å². The number of aliphatic hydroxyl groups is 1. The van der Waals surface area contributed by atoms with E-state index in [2.05, 4.69) is 4.98 Å². The van der Waals surface area contributed by atoms with Gasteiger partial charge in [0.05, 0.1) is 12.2 Å². The summed E-state index contributed by atoms with van der Waals surface area (Å²) in [4.78, 5) is 17.9. The minimum atomic E-state index is -0.290. The Hall–Kier alpha value is -1.85. The number of ether oxygens (including phenoxy) is 1. The van der Waals surface area contributed by atoms with Gasteiger partial charge in [-0.25, -0.2) is 0 Å². The molecule has 5 heteroatoms. The molecule has 4 rings (SSSR count). The van der Waals surface area contributed by atoms with E-state index in [1.807, 2.05) is 42.3 Å². The first-order valence-electron chi connectivity index (χ1n) is 8.80. The lowest BCUT2D eigenvalue weighted by molar-refractivity contribution is -0.207. The van der Waals surface area contributed by atoms with Gasteiger partial charge in [-0.05, 0) is 43.4 Å². The largest absolute Gasteiger partial charge is 0.392 e. The first-order valence-corrected chi connectivity index (χ1v) is 8.80. The van der Waals surface area contributed by atoms with Crippen molar-refractivity contribution in [1.82, 2.24) is 9.88 Å². The molecule has 1 aromatic carbocycles. The molecule has 1 saturated carbocycles. The van der Waals surface area contributed by atoms with Crippen LogP contribution < -0.4 is 0 Å². The van der Waals surface area contributed by atoms with Crippen LogP contribution in [-0.4, -0.2) is 52.8 Å². The summed E-state index contributed by atoms with van der Waals surface area (Å²) < 4.78 is 5.79. The second-order valence-electron chi connectivity index (χ2n) is 7.00. The van der Waals surface area contributed by atoms with Crippen molar-refractivity contribution in [2.24, 2.45) is 5.41 Å². The van der Waals surface area contributed by atoms with Crippen LogP contribution in [0.1, 0.15) is 36.5 Å². The molecule has 2 heterocycles. The van der Waals surface area contributed by atoms with Gasteiger partial charge in [0.1, 0.15) is 0 Å². The number of carbonyl (C=O) groups excluding carboxylic acids is 1. The van der Waals surface area contributed by atoms with Crippen molar-refractivity contribution in [2.45, 2.75) is 38.4 Å². The summed E-state index contributed by atoms with van der Waals surface area (Å²) in [6, 6.07) is 7.79. The van der Waals surface area contributed by atoms with Crippen LogP contribution in [0.15, 0.2) is 30.5 Å². The van der Waals surface area contributed by atoms with Crippen molar-refractivity contribution in [3.8, 4) is 0 Å². The zero-order valence-electron chi connectivity index (χ0n) is 14.0. The number of piperidine rings is 1. The highest BCUT2D eigenvalue weighted by molar-refractivity contribution is 5.98. The van der Waals surface area contributed by atoms with Gasteiger partial charge in [-0.3, -0.25) is 4.79 Å². The van der Waals surface area contributed by atoms with Crippen molar-refractivity contribution in [3.63, 3.8) is 0 Å². The number of benzene rings is 1. The second kappa shape index (κ2) is 5.90. The standard InChI is InChI=1S/C19H24N2O3/c1-2-24-17-12-16(22)19(17)6-9-21(10-7-19)18(23)14-4-3-13-5-8-20-15(13)11-14/h3-5,8,11,16-17,20,22H,2,6-7,9-10,12H2,1H3/t16-,17-/m0/s1. The number of aliphatic hydroxyl groups excluding tert-OH is 1. The molecule has 0 radical (unpaired) electrons. The van der Waals surface area contributed by atoms with Gasteiger partial charge in [-0.2, -0.15) is 0 Å². The summed E-state index contributed by atoms with van der Waals surface area (Å²) in [6.07, 6.45) is 4.09. The molecule has 2 aromatic rings. The molecule has 1 aromatic heterocycles. The minimum Gasteiger partial charge on any atom is -0.392 e. The molecule has 1 spiro atoms. The number of nitrogens with one attached hydrogen (secondary N) is 1. The van der Waals surface area contributed by atoms with Crippen molar-refractivity contribution in [1.29, 1.82) is 0 Å². The topological polar surface area (TPSA) is 65.6 Å². The summed E-state index contributed by atoms with van der Waals surface area (Å²) in [5, 5.41) is 11.4. The quantitative estimate of drug-likeness (QED) is 0.910. The summed E-state index contributed by atoms with van der Waals surface area (Å²) >= 11 is 0. The molecule has 1 aliphatic heterocycles. The molecule has 1 aliphatic carbocycles. The molecule has 2 aliphatic rings. The Morgan fingerprint density at radius 3 is 2.88 bits per heavy atom. The molecular weight excluding hydrogens is 304 g/mol. The van der Waals surface area contributed by atoms with Crippen LogP contribution in [0.5, 0.6) is 0 Å². The highest BCUT2D eigenvalue weighted by Crippen LogP contribution is 2.51. The Kier molecular flexibility index (Phi) is 3.85. The highest BCUT2D eigenvalue weighted by atomic mass is 16.5. The second-order valence-corrected chi connectivity index (χ2v) is 7.00. The zero-order chi connectivity index (χ0) is 16.7. The first-order chi connectivity index (χ1) is 11.6. The van der Waals surface area contributed by atoms with Crippen molar-refractivity contribution in [2.75, 3.05) is 19.7 Å². The third-order valence-electron chi connectivity index (χ3n) is 5.89. The Balaban J connectivity index is 1.46. The monoisotopic (exact) mass is 328 g/mol. The summed E-state index contributed by atoms with van der Waals surface area (Å²) in [6.45, 7) is 4.04. The van der Waals surface area contributed by atoms with Crippen LogP contribution in [0.25, 0.3) is 10.9 Å². The Morgan fingerprint density at radius 1 is 1.38 bits per heavy atom. The maximum absolute atomic E-state index is 12.8. The summed E-state index contributed by atoms with van der Waals surface area (Å²) in [5.74, 6) is 0.0723. The molecule has 2 fully saturated rings. The number of aromatic nitrogens is 1. The summed E-state index contributed by atoms with van der Waals surface area (Å²) in [7, 11) is 0. The Morgan fingerprint density at radius 2 is 2.17 bits per heavy atom. The van der Waals surface area contributed by atoms with E-state index < -0.39 is 0 Å². The fourth-order valence-electron chi connectivity index (χ4n) is 4.31. The molecular formula is C19H24N2O3. The number of likely N-dealkylation sites (tertiary alicyclic amines) is 1. The molecule has 2 atom stereocenters. The average Bonchev–Trinajstić information content (AvgIpc) is 3.09. The van der Waals surface area contributed by atoms with Gasteiger partial charge in [0.25, 0.3) is 5.91 Å². The van der Waals surface area contributed by atoms with E-state index in [0.717, 1.165) is 35.7 Å². The molecule has 24 heavy (non-hydrogen) atoms. The molecule has 5 nitrogen and oxygen atoms in total. The van der Waals surface area contributed by atoms with E-state index in [1.54, 1.807) is 0 Å². The molecule has 128 valence electrons. The molecule has 2 N–H and O–H groups in total. The van der Waals surface area contributed by atoms with Crippen LogP contribution in [0.2, 0.25) is 0 Å². The van der Waals surface area contributed by atoms with Crippen molar-refractivity contribution >= 4 is 16.8 Å². The number of rotatable bonds is 3. The lowest BCUT2D eigenvalue weighted by Gasteiger charge is -2.56.